The van der Waals surface area contributed by atoms with Crippen LogP contribution in [0.1, 0.15) is 40.0 Å². The van der Waals surface area contributed by atoms with E-state index in [0.717, 1.165) is 25.9 Å². The van der Waals surface area contributed by atoms with Crippen molar-refractivity contribution in [3.8, 4) is 0 Å². The van der Waals surface area contributed by atoms with Crippen molar-refractivity contribution in [3.63, 3.8) is 0 Å². The van der Waals surface area contributed by atoms with Crippen LogP contribution in [0.25, 0.3) is 0 Å². The van der Waals surface area contributed by atoms with Crippen molar-refractivity contribution >= 4 is 0 Å². The van der Waals surface area contributed by atoms with E-state index in [1.807, 2.05) is 20.8 Å². The summed E-state index contributed by atoms with van der Waals surface area (Å²) >= 11 is 0. The molecule has 0 amide bonds. The van der Waals surface area contributed by atoms with Gasteiger partial charge in [-0.3, -0.25) is 0 Å². The maximum Gasteiger partial charge on any atom is 0.126 e. The first-order valence-electron chi connectivity index (χ1n) is 5.93. The van der Waals surface area contributed by atoms with Crippen molar-refractivity contribution in [2.45, 2.75) is 51.7 Å². The van der Waals surface area contributed by atoms with E-state index in [1.165, 1.54) is 0 Å². The van der Waals surface area contributed by atoms with E-state index in [9.17, 15) is 0 Å². The summed E-state index contributed by atoms with van der Waals surface area (Å²) in [7, 11) is 3.38. The summed E-state index contributed by atoms with van der Waals surface area (Å²) in [6, 6.07) is 0. The van der Waals surface area contributed by atoms with Crippen LogP contribution in [0.15, 0.2) is 0 Å². The van der Waals surface area contributed by atoms with E-state index in [0.29, 0.717) is 6.61 Å². The topological polar surface area (TPSA) is 36.9 Å². The first-order valence-corrected chi connectivity index (χ1v) is 5.93. The van der Waals surface area contributed by atoms with Crippen LogP contribution in [0.5, 0.6) is 0 Å². The second kappa shape index (κ2) is 8.93. The molecule has 4 heteroatoms. The third-order valence-corrected chi connectivity index (χ3v) is 2.77. The van der Waals surface area contributed by atoms with Crippen molar-refractivity contribution < 1.29 is 19.2 Å². The highest BCUT2D eigenvalue weighted by Gasteiger charge is 2.33. The minimum atomic E-state index is -0.414. The molecule has 0 radical (unpaired) electrons. The Morgan fingerprint density at radius 2 is 1.88 bits per heavy atom. The van der Waals surface area contributed by atoms with E-state index < -0.39 is 5.60 Å². The summed E-state index contributed by atoms with van der Waals surface area (Å²) in [5, 5.41) is 0. The van der Waals surface area contributed by atoms with Crippen molar-refractivity contribution in [1.82, 2.24) is 0 Å². The van der Waals surface area contributed by atoms with Crippen LogP contribution >= 0.6 is 0 Å². The zero-order valence-corrected chi connectivity index (χ0v) is 11.2. The van der Waals surface area contributed by atoms with E-state index >= 15 is 0 Å². The van der Waals surface area contributed by atoms with Gasteiger partial charge in [0.2, 0.25) is 0 Å². The lowest BCUT2D eigenvalue weighted by Crippen LogP contribution is -2.41. The van der Waals surface area contributed by atoms with Gasteiger partial charge in [-0.15, -0.1) is 0 Å². The molecule has 0 saturated heterocycles. The fourth-order valence-electron chi connectivity index (χ4n) is 1.39. The number of rotatable bonds is 10. The lowest BCUT2D eigenvalue weighted by atomic mass is 9.94. The van der Waals surface area contributed by atoms with Gasteiger partial charge in [-0.25, -0.2) is 9.78 Å². The van der Waals surface area contributed by atoms with E-state index in [4.69, 9.17) is 19.2 Å². The summed E-state index contributed by atoms with van der Waals surface area (Å²) < 4.78 is 10.4. The molecule has 0 fully saturated rings. The van der Waals surface area contributed by atoms with Gasteiger partial charge < -0.3 is 9.47 Å². The second-order valence-electron chi connectivity index (χ2n) is 4.19. The van der Waals surface area contributed by atoms with Gasteiger partial charge in [0.15, 0.2) is 0 Å². The molecule has 0 aromatic rings. The Morgan fingerprint density at radius 3 is 2.38 bits per heavy atom. The van der Waals surface area contributed by atoms with Gasteiger partial charge >= 0.3 is 0 Å². The zero-order chi connectivity index (χ0) is 12.4. The first kappa shape index (κ1) is 15.8. The molecule has 2 unspecified atom stereocenters. The third kappa shape index (κ3) is 5.80. The third-order valence-electron chi connectivity index (χ3n) is 2.77. The first-order chi connectivity index (χ1) is 7.60. The van der Waals surface area contributed by atoms with Crippen LogP contribution in [-0.2, 0) is 19.2 Å². The van der Waals surface area contributed by atoms with Gasteiger partial charge in [-0.2, -0.15) is 0 Å². The Bertz CT molecular complexity index is 151. The fourth-order valence-corrected chi connectivity index (χ4v) is 1.39. The smallest absolute Gasteiger partial charge is 0.126 e. The Balaban J connectivity index is 4.13. The molecule has 0 heterocycles. The standard InChI is InChI=1S/C12H26O4/c1-6-9-15-16-12(3,11(2)14-5)8-7-10-13-4/h11H,6-10H2,1-5H3. The summed E-state index contributed by atoms with van der Waals surface area (Å²) in [4.78, 5) is 10.7. The molecule has 0 bridgehead atoms. The molecule has 0 aliphatic heterocycles. The molecule has 98 valence electrons. The molecule has 0 aliphatic carbocycles. The molecule has 0 saturated carbocycles. The minimum absolute atomic E-state index is 0.0128. The van der Waals surface area contributed by atoms with Crippen LogP contribution in [-0.4, -0.2) is 39.1 Å². The van der Waals surface area contributed by atoms with Crippen LogP contribution in [0, 0.1) is 0 Å². The molecule has 16 heavy (non-hydrogen) atoms. The van der Waals surface area contributed by atoms with Crippen LogP contribution in [0.2, 0.25) is 0 Å². The lowest BCUT2D eigenvalue weighted by molar-refractivity contribution is -0.375. The normalized spacial score (nSPS) is 17.1. The summed E-state index contributed by atoms with van der Waals surface area (Å²) in [5.74, 6) is 0. The average Bonchev–Trinajstić information content (AvgIpc) is 2.28. The van der Waals surface area contributed by atoms with Crippen molar-refractivity contribution in [2.24, 2.45) is 0 Å². The van der Waals surface area contributed by atoms with Gasteiger partial charge in [0, 0.05) is 20.8 Å². The molecule has 0 aliphatic rings. The van der Waals surface area contributed by atoms with Gasteiger partial charge in [-0.1, -0.05) is 6.92 Å². The number of hydrogen-bond acceptors (Lipinski definition) is 4. The largest absolute Gasteiger partial charge is 0.385 e. The predicted molar refractivity (Wildman–Crippen MR) is 63.3 cm³/mol. The summed E-state index contributed by atoms with van der Waals surface area (Å²) in [6.45, 7) is 7.37. The predicted octanol–water partition coefficient (Wildman–Crippen LogP) is 2.56. The molecule has 0 aromatic heterocycles. The van der Waals surface area contributed by atoms with E-state index in [1.54, 1.807) is 14.2 Å². The van der Waals surface area contributed by atoms with Crippen LogP contribution < -0.4 is 0 Å². The van der Waals surface area contributed by atoms with Crippen molar-refractivity contribution in [3.05, 3.63) is 0 Å². The molecule has 0 aromatic carbocycles. The van der Waals surface area contributed by atoms with Crippen molar-refractivity contribution in [2.75, 3.05) is 27.4 Å². The molecule has 2 atom stereocenters. The Kier molecular flexibility index (Phi) is 8.84. The zero-order valence-electron chi connectivity index (χ0n) is 11.2. The highest BCUT2D eigenvalue weighted by molar-refractivity contribution is 4.80. The lowest BCUT2D eigenvalue weighted by Gasteiger charge is -2.33. The van der Waals surface area contributed by atoms with Crippen molar-refractivity contribution in [1.29, 1.82) is 0 Å². The number of ether oxygens (including phenoxy) is 2. The maximum absolute atomic E-state index is 5.49. The Morgan fingerprint density at radius 1 is 1.19 bits per heavy atom. The second-order valence-corrected chi connectivity index (χ2v) is 4.19. The highest BCUT2D eigenvalue weighted by atomic mass is 17.2. The molecular formula is C12H26O4. The SMILES string of the molecule is CCCOOC(C)(CCCOC)C(C)OC. The maximum atomic E-state index is 5.49. The van der Waals surface area contributed by atoms with Gasteiger partial charge in [-0.05, 0) is 33.1 Å². The highest BCUT2D eigenvalue weighted by Crippen LogP contribution is 2.24. The van der Waals surface area contributed by atoms with Crippen LogP contribution in [0.4, 0.5) is 0 Å². The number of methoxy groups -OCH3 is 2. The molecule has 4 nitrogen and oxygen atoms in total. The summed E-state index contributed by atoms with van der Waals surface area (Å²) in [5.41, 5.74) is -0.414. The minimum Gasteiger partial charge on any atom is -0.385 e. The van der Waals surface area contributed by atoms with Gasteiger partial charge in [0.05, 0.1) is 12.7 Å². The molecule has 0 spiro atoms. The fraction of sp³-hybridized carbons (Fsp3) is 1.00. The van der Waals surface area contributed by atoms with Crippen LogP contribution in [0.3, 0.4) is 0 Å². The number of hydrogen-bond donors (Lipinski definition) is 0. The molecule has 0 rings (SSSR count). The average molecular weight is 234 g/mol. The Hall–Kier alpha value is -0.160. The van der Waals surface area contributed by atoms with E-state index in [-0.39, 0.29) is 6.10 Å². The molecular weight excluding hydrogens is 208 g/mol. The van der Waals surface area contributed by atoms with E-state index in [2.05, 4.69) is 0 Å². The monoisotopic (exact) mass is 234 g/mol. The Labute approximate surface area is 99.1 Å². The van der Waals surface area contributed by atoms with Gasteiger partial charge in [0.25, 0.3) is 0 Å². The molecule has 0 N–H and O–H groups in total. The van der Waals surface area contributed by atoms with Gasteiger partial charge in [0.1, 0.15) is 5.60 Å². The quantitative estimate of drug-likeness (QED) is 0.331. The summed E-state index contributed by atoms with van der Waals surface area (Å²) in [6.07, 6.45) is 2.70.